The zero-order valence-electron chi connectivity index (χ0n) is 15.1. The first-order valence-electron chi connectivity index (χ1n) is 8.79. The fourth-order valence-electron chi connectivity index (χ4n) is 2.86. The van der Waals surface area contributed by atoms with Gasteiger partial charge >= 0.3 is 0 Å². The topological polar surface area (TPSA) is 85.1 Å². The molecule has 0 saturated heterocycles. The van der Waals surface area contributed by atoms with Crippen LogP contribution in [-0.4, -0.2) is 15.8 Å². The molecule has 1 amide bonds. The number of nitrogens with one attached hydrogen (secondary N) is 1. The quantitative estimate of drug-likeness (QED) is 0.210. The number of rotatable bonds is 5. The van der Waals surface area contributed by atoms with Gasteiger partial charge in [0.2, 0.25) is 0 Å². The van der Waals surface area contributed by atoms with Crippen molar-refractivity contribution in [2.45, 2.75) is 0 Å². The lowest BCUT2D eigenvalue weighted by Gasteiger charge is -2.08. The first-order valence-corrected chi connectivity index (χ1v) is 9.60. The van der Waals surface area contributed by atoms with Gasteiger partial charge in [-0.15, -0.1) is 0 Å². The van der Waals surface area contributed by atoms with Gasteiger partial charge in [0.1, 0.15) is 0 Å². The van der Waals surface area contributed by atoms with Crippen molar-refractivity contribution < 1.29 is 9.72 Å². The molecule has 0 fully saturated rings. The molecule has 142 valence electrons. The van der Waals surface area contributed by atoms with E-state index in [1.54, 1.807) is 6.07 Å². The first kappa shape index (κ1) is 18.5. The molecule has 0 radical (unpaired) electrons. The number of fused-ring (bicyclic) bond motifs is 1. The smallest absolute Gasteiger partial charge is 0.270 e. The van der Waals surface area contributed by atoms with E-state index in [4.69, 9.17) is 0 Å². The highest BCUT2D eigenvalue weighted by atomic mass is 32.1. The van der Waals surface area contributed by atoms with Gasteiger partial charge in [0, 0.05) is 17.7 Å². The average molecular weight is 401 g/mol. The number of amides is 1. The molecular weight excluding hydrogens is 386 g/mol. The van der Waals surface area contributed by atoms with Crippen molar-refractivity contribution in [3.05, 3.63) is 100 Å². The number of nitro groups is 1. The Labute approximate surface area is 170 Å². The van der Waals surface area contributed by atoms with Crippen LogP contribution >= 0.6 is 11.3 Å². The predicted molar refractivity (Wildman–Crippen MR) is 116 cm³/mol. The van der Waals surface area contributed by atoms with Crippen LogP contribution in [0.25, 0.3) is 21.9 Å². The molecule has 0 saturated carbocycles. The number of nitrogens with zero attached hydrogens (tertiary/aromatic N) is 2. The monoisotopic (exact) mass is 401 g/mol. The Kier molecular flexibility index (Phi) is 5.13. The van der Waals surface area contributed by atoms with Crippen molar-refractivity contribution in [1.82, 2.24) is 4.98 Å². The van der Waals surface area contributed by atoms with Gasteiger partial charge in [-0.3, -0.25) is 20.2 Å². The van der Waals surface area contributed by atoms with E-state index in [0.717, 1.165) is 11.1 Å². The summed E-state index contributed by atoms with van der Waals surface area (Å²) in [6, 6.07) is 23.4. The van der Waals surface area contributed by atoms with E-state index >= 15 is 0 Å². The zero-order valence-corrected chi connectivity index (χ0v) is 15.9. The number of anilines is 1. The minimum absolute atomic E-state index is 0.00651. The highest BCUT2D eigenvalue weighted by molar-refractivity contribution is 7.22. The minimum atomic E-state index is -0.451. The van der Waals surface area contributed by atoms with Crippen LogP contribution in [0.3, 0.4) is 0 Å². The van der Waals surface area contributed by atoms with E-state index in [0.29, 0.717) is 20.9 Å². The highest BCUT2D eigenvalue weighted by Gasteiger charge is 2.16. The fraction of sp³-hybridized carbons (Fsp3) is 0. The number of hydrogen-bond donors (Lipinski definition) is 1. The number of thiazole rings is 1. The number of hydrogen-bond acceptors (Lipinski definition) is 5. The van der Waals surface area contributed by atoms with Crippen molar-refractivity contribution in [2.75, 3.05) is 5.32 Å². The third-order valence-corrected chi connectivity index (χ3v) is 5.18. The second-order valence-electron chi connectivity index (χ2n) is 6.22. The number of aromatic nitrogens is 1. The molecule has 1 N–H and O–H groups in total. The van der Waals surface area contributed by atoms with E-state index in [-0.39, 0.29) is 11.6 Å². The Morgan fingerprint density at radius 1 is 1.00 bits per heavy atom. The summed E-state index contributed by atoms with van der Waals surface area (Å²) in [5.41, 5.74) is 2.78. The van der Waals surface area contributed by atoms with Crippen LogP contribution in [0, 0.1) is 10.1 Å². The molecule has 4 aromatic rings. The van der Waals surface area contributed by atoms with Crippen molar-refractivity contribution in [3.63, 3.8) is 0 Å². The van der Waals surface area contributed by atoms with Gasteiger partial charge in [-0.1, -0.05) is 72.0 Å². The lowest BCUT2D eigenvalue weighted by Crippen LogP contribution is -2.13. The Morgan fingerprint density at radius 3 is 2.38 bits per heavy atom. The number of carbonyl (C=O) groups excluding carboxylic acids is 1. The van der Waals surface area contributed by atoms with Gasteiger partial charge in [0.15, 0.2) is 5.13 Å². The van der Waals surface area contributed by atoms with Crippen LogP contribution in [0.4, 0.5) is 10.8 Å². The van der Waals surface area contributed by atoms with E-state index in [2.05, 4.69) is 10.3 Å². The van der Waals surface area contributed by atoms with E-state index < -0.39 is 4.92 Å². The van der Waals surface area contributed by atoms with Gasteiger partial charge < -0.3 is 0 Å². The summed E-state index contributed by atoms with van der Waals surface area (Å²) in [5.74, 6) is -0.298. The summed E-state index contributed by atoms with van der Waals surface area (Å²) in [4.78, 5) is 27.9. The van der Waals surface area contributed by atoms with Crippen LogP contribution < -0.4 is 5.32 Å². The third-order valence-electron chi connectivity index (χ3n) is 4.24. The molecule has 1 heterocycles. The van der Waals surface area contributed by atoms with Crippen molar-refractivity contribution in [2.24, 2.45) is 0 Å². The molecule has 0 spiro atoms. The summed E-state index contributed by atoms with van der Waals surface area (Å²) in [6.45, 7) is 0. The predicted octanol–water partition coefficient (Wildman–Crippen LogP) is 5.38. The Hall–Kier alpha value is -3.84. The molecule has 4 rings (SSSR count). The summed E-state index contributed by atoms with van der Waals surface area (Å²) in [7, 11) is 0. The maximum Gasteiger partial charge on any atom is 0.270 e. The summed E-state index contributed by atoms with van der Waals surface area (Å²) in [6.07, 6.45) is 1.82. The van der Waals surface area contributed by atoms with Crippen LogP contribution in [0.1, 0.15) is 11.1 Å². The van der Waals surface area contributed by atoms with Gasteiger partial charge in [0.05, 0.1) is 15.1 Å². The molecule has 0 aliphatic carbocycles. The normalized spacial score (nSPS) is 11.4. The Morgan fingerprint density at radius 2 is 1.69 bits per heavy atom. The molecule has 0 atom stereocenters. The molecule has 29 heavy (non-hydrogen) atoms. The number of carbonyl (C=O) groups is 1. The molecular formula is C22H15N3O3S. The number of benzene rings is 3. The highest BCUT2D eigenvalue weighted by Crippen LogP contribution is 2.30. The van der Waals surface area contributed by atoms with Crippen LogP contribution in [-0.2, 0) is 4.79 Å². The molecule has 6 nitrogen and oxygen atoms in total. The van der Waals surface area contributed by atoms with Crippen molar-refractivity contribution >= 4 is 49.9 Å². The maximum atomic E-state index is 13.0. The summed E-state index contributed by atoms with van der Waals surface area (Å²) in [5, 5.41) is 14.2. The van der Waals surface area contributed by atoms with Gasteiger partial charge in [-0.05, 0) is 23.3 Å². The fourth-order valence-corrected chi connectivity index (χ4v) is 3.75. The Balaban J connectivity index is 1.67. The molecule has 0 unspecified atom stereocenters. The summed E-state index contributed by atoms with van der Waals surface area (Å²) < 4.78 is 0.641. The summed E-state index contributed by atoms with van der Waals surface area (Å²) >= 11 is 1.20. The molecule has 1 aromatic heterocycles. The Bertz CT molecular complexity index is 1220. The second-order valence-corrected chi connectivity index (χ2v) is 7.25. The second kappa shape index (κ2) is 8.04. The van der Waals surface area contributed by atoms with Gasteiger partial charge in [-0.2, -0.15) is 0 Å². The third kappa shape index (κ3) is 4.20. The van der Waals surface area contributed by atoms with E-state index in [1.165, 1.54) is 23.5 Å². The van der Waals surface area contributed by atoms with Crippen molar-refractivity contribution in [1.29, 1.82) is 0 Å². The van der Waals surface area contributed by atoms with E-state index in [9.17, 15) is 14.9 Å². The van der Waals surface area contributed by atoms with Crippen LogP contribution in [0.15, 0.2) is 78.9 Å². The number of non-ortho nitro benzene ring substituents is 1. The van der Waals surface area contributed by atoms with Crippen LogP contribution in [0.2, 0.25) is 0 Å². The lowest BCUT2D eigenvalue weighted by atomic mass is 10.0. The maximum absolute atomic E-state index is 13.0. The standard InChI is InChI=1S/C22H15N3O3S/c26-21(24-22-23-19-12-11-17(25(27)28)14-20(19)29-22)18(16-9-5-2-6-10-16)13-15-7-3-1-4-8-15/h1-14H,(H,23,24,26). The largest absolute Gasteiger partial charge is 0.298 e. The van der Waals surface area contributed by atoms with Crippen LogP contribution in [0.5, 0.6) is 0 Å². The SMILES string of the molecule is O=C(Nc1nc2ccc([N+](=O)[O-])cc2s1)C(=Cc1ccccc1)c1ccccc1. The number of nitro benzene ring substituents is 1. The lowest BCUT2D eigenvalue weighted by molar-refractivity contribution is -0.384. The molecule has 0 aliphatic heterocycles. The zero-order chi connectivity index (χ0) is 20.2. The molecule has 0 aliphatic rings. The average Bonchev–Trinajstić information content (AvgIpc) is 3.14. The van der Waals surface area contributed by atoms with E-state index in [1.807, 2.05) is 66.7 Å². The molecule has 0 bridgehead atoms. The first-order chi connectivity index (χ1) is 14.1. The minimum Gasteiger partial charge on any atom is -0.298 e. The molecule has 3 aromatic carbocycles. The van der Waals surface area contributed by atoms with Crippen molar-refractivity contribution in [3.8, 4) is 0 Å². The van der Waals surface area contributed by atoms with Gasteiger partial charge in [0.25, 0.3) is 11.6 Å². The van der Waals surface area contributed by atoms with Gasteiger partial charge in [-0.25, -0.2) is 4.98 Å². The molecule has 7 heteroatoms.